The van der Waals surface area contributed by atoms with Gasteiger partial charge in [-0.3, -0.25) is 4.99 Å². The fourth-order valence-electron chi connectivity index (χ4n) is 2.56. The van der Waals surface area contributed by atoms with Crippen molar-refractivity contribution in [3.05, 3.63) is 52.0 Å². The van der Waals surface area contributed by atoms with Crippen molar-refractivity contribution in [1.29, 1.82) is 0 Å². The lowest BCUT2D eigenvalue weighted by Gasteiger charge is -2.25. The summed E-state index contributed by atoms with van der Waals surface area (Å²) in [5, 5.41) is 7.98. The van der Waals surface area contributed by atoms with E-state index in [4.69, 9.17) is 0 Å². The summed E-state index contributed by atoms with van der Waals surface area (Å²) in [5.41, 5.74) is 1.35. The minimum atomic E-state index is 0. The van der Waals surface area contributed by atoms with Gasteiger partial charge in [0, 0.05) is 43.7 Å². The summed E-state index contributed by atoms with van der Waals surface area (Å²) in [7, 11) is 6.05. The topological polar surface area (TPSA) is 52.6 Å². The number of likely N-dealkylation sites (N-methyl/N-ethyl adjacent to an activating group) is 1. The fourth-order valence-corrected chi connectivity index (χ4v) is 3.35. The molecule has 0 fully saturated rings. The Kier molecular flexibility index (Phi) is 10.8. The molecule has 2 N–H and O–H groups in total. The van der Waals surface area contributed by atoms with E-state index in [1.165, 1.54) is 10.4 Å². The molecule has 0 radical (unpaired) electrons. The van der Waals surface area contributed by atoms with Crippen LogP contribution < -0.4 is 10.6 Å². The van der Waals surface area contributed by atoms with Gasteiger partial charge in [-0.15, -0.1) is 35.3 Å². The van der Waals surface area contributed by atoms with Crippen LogP contribution in [0.2, 0.25) is 0 Å². The standard InChI is InChI=1S/C19H29N5S.HI/c1-15-13-22-18(25-15)10-11-21-19(20-2)23-14-17(24(3)4)12-16-8-6-5-7-9-16;/h5-9,13,17H,10-12,14H2,1-4H3,(H2,20,21,23);1H. The number of nitrogens with zero attached hydrogens (tertiary/aromatic N) is 3. The number of benzene rings is 1. The van der Waals surface area contributed by atoms with Gasteiger partial charge in [0.25, 0.3) is 0 Å². The average molecular weight is 487 g/mol. The van der Waals surface area contributed by atoms with E-state index in [0.717, 1.165) is 36.9 Å². The number of thiazole rings is 1. The van der Waals surface area contributed by atoms with Crippen LogP contribution in [0.1, 0.15) is 15.4 Å². The number of hydrogen-bond donors (Lipinski definition) is 2. The predicted molar refractivity (Wildman–Crippen MR) is 123 cm³/mol. The van der Waals surface area contributed by atoms with Crippen LogP contribution in [0.5, 0.6) is 0 Å². The van der Waals surface area contributed by atoms with Gasteiger partial charge in [-0.2, -0.15) is 0 Å². The summed E-state index contributed by atoms with van der Waals surface area (Å²) in [5.74, 6) is 0.841. The molecule has 7 heteroatoms. The first-order valence-electron chi connectivity index (χ1n) is 8.64. The van der Waals surface area contributed by atoms with E-state index in [2.05, 4.69) is 76.9 Å². The van der Waals surface area contributed by atoms with Crippen LogP contribution in [0.15, 0.2) is 41.5 Å². The van der Waals surface area contributed by atoms with Gasteiger partial charge in [0.15, 0.2) is 5.96 Å². The number of nitrogens with one attached hydrogen (secondary N) is 2. The minimum Gasteiger partial charge on any atom is -0.356 e. The number of aliphatic imine (C=N–C) groups is 1. The Bertz CT molecular complexity index is 657. The third-order valence-corrected chi connectivity index (χ3v) is 5.05. The van der Waals surface area contributed by atoms with Gasteiger partial charge in [0.05, 0.1) is 5.01 Å². The molecule has 0 amide bonds. The number of guanidine groups is 1. The summed E-state index contributed by atoms with van der Waals surface area (Å²) >= 11 is 1.75. The third-order valence-electron chi connectivity index (χ3n) is 4.07. The lowest BCUT2D eigenvalue weighted by Crippen LogP contribution is -2.46. The average Bonchev–Trinajstić information content (AvgIpc) is 3.02. The van der Waals surface area contributed by atoms with Crippen LogP contribution in [0, 0.1) is 6.92 Å². The van der Waals surface area contributed by atoms with Gasteiger partial charge >= 0.3 is 0 Å². The molecule has 1 atom stereocenters. The molecule has 0 saturated carbocycles. The maximum Gasteiger partial charge on any atom is 0.191 e. The zero-order valence-electron chi connectivity index (χ0n) is 16.0. The Hall–Kier alpha value is -1.19. The first-order chi connectivity index (χ1) is 12.1. The highest BCUT2D eigenvalue weighted by Crippen LogP contribution is 2.11. The molecule has 0 bridgehead atoms. The van der Waals surface area contributed by atoms with E-state index >= 15 is 0 Å². The summed E-state index contributed by atoms with van der Waals surface area (Å²) in [4.78, 5) is 12.2. The maximum absolute atomic E-state index is 4.39. The molecule has 5 nitrogen and oxygen atoms in total. The molecule has 144 valence electrons. The van der Waals surface area contributed by atoms with Crippen molar-refractivity contribution in [2.45, 2.75) is 25.8 Å². The van der Waals surface area contributed by atoms with Gasteiger partial charge < -0.3 is 15.5 Å². The summed E-state index contributed by atoms with van der Waals surface area (Å²) in [6.07, 6.45) is 3.86. The van der Waals surface area contributed by atoms with Crippen LogP contribution in [0.3, 0.4) is 0 Å². The lowest BCUT2D eigenvalue weighted by molar-refractivity contribution is 0.290. The van der Waals surface area contributed by atoms with E-state index in [1.807, 2.05) is 13.2 Å². The summed E-state index contributed by atoms with van der Waals surface area (Å²) in [6.45, 7) is 3.76. The highest BCUT2D eigenvalue weighted by molar-refractivity contribution is 14.0. The third kappa shape index (κ3) is 8.01. The van der Waals surface area contributed by atoms with Gasteiger partial charge in [0.1, 0.15) is 0 Å². The second kappa shape index (κ2) is 12.2. The van der Waals surface area contributed by atoms with Crippen molar-refractivity contribution in [3.63, 3.8) is 0 Å². The number of aryl methyl sites for hydroxylation is 1. The number of hydrogen-bond acceptors (Lipinski definition) is 4. The molecule has 0 aliphatic heterocycles. The first-order valence-corrected chi connectivity index (χ1v) is 9.46. The Morgan fingerprint density at radius 2 is 1.96 bits per heavy atom. The fraction of sp³-hybridized carbons (Fsp3) is 0.474. The molecule has 0 spiro atoms. The van der Waals surface area contributed by atoms with E-state index in [9.17, 15) is 0 Å². The molecule has 2 aromatic rings. The highest BCUT2D eigenvalue weighted by atomic mass is 127. The number of halogens is 1. The lowest BCUT2D eigenvalue weighted by atomic mass is 10.1. The molecule has 1 heterocycles. The zero-order chi connectivity index (χ0) is 18.1. The monoisotopic (exact) mass is 487 g/mol. The van der Waals surface area contributed by atoms with Crippen molar-refractivity contribution in [2.24, 2.45) is 4.99 Å². The molecule has 0 aliphatic rings. The van der Waals surface area contributed by atoms with E-state index < -0.39 is 0 Å². The van der Waals surface area contributed by atoms with Crippen molar-refractivity contribution in [3.8, 4) is 0 Å². The van der Waals surface area contributed by atoms with Gasteiger partial charge in [-0.1, -0.05) is 30.3 Å². The molecule has 1 unspecified atom stereocenters. The zero-order valence-corrected chi connectivity index (χ0v) is 19.2. The molecule has 1 aromatic heterocycles. The van der Waals surface area contributed by atoms with Crippen molar-refractivity contribution >= 4 is 41.3 Å². The molecule has 2 rings (SSSR count). The Labute approximate surface area is 178 Å². The van der Waals surface area contributed by atoms with Gasteiger partial charge in [-0.25, -0.2) is 4.98 Å². The van der Waals surface area contributed by atoms with Gasteiger partial charge in [0.2, 0.25) is 0 Å². The quantitative estimate of drug-likeness (QED) is 0.342. The van der Waals surface area contributed by atoms with Crippen LogP contribution in [-0.2, 0) is 12.8 Å². The van der Waals surface area contributed by atoms with Crippen LogP contribution in [0.4, 0.5) is 0 Å². The van der Waals surface area contributed by atoms with Gasteiger partial charge in [-0.05, 0) is 33.0 Å². The smallest absolute Gasteiger partial charge is 0.191 e. The SMILES string of the molecule is CN=C(NCCc1ncc(C)s1)NCC(Cc1ccccc1)N(C)C.I. The number of aromatic nitrogens is 1. The maximum atomic E-state index is 4.39. The van der Waals surface area contributed by atoms with Crippen LogP contribution >= 0.6 is 35.3 Å². The van der Waals surface area contributed by atoms with Crippen molar-refractivity contribution in [1.82, 2.24) is 20.5 Å². The Balaban J connectivity index is 0.00000338. The Morgan fingerprint density at radius 3 is 2.54 bits per heavy atom. The minimum absolute atomic E-state index is 0. The molecule has 26 heavy (non-hydrogen) atoms. The number of rotatable bonds is 8. The van der Waals surface area contributed by atoms with Crippen LogP contribution in [-0.4, -0.2) is 56.1 Å². The molecular formula is C19H30IN5S. The summed E-state index contributed by atoms with van der Waals surface area (Å²) < 4.78 is 0. The molecule has 0 aliphatic carbocycles. The highest BCUT2D eigenvalue weighted by Gasteiger charge is 2.13. The van der Waals surface area contributed by atoms with Crippen molar-refractivity contribution in [2.75, 3.05) is 34.2 Å². The second-order valence-corrected chi connectivity index (χ2v) is 7.62. The summed E-state index contributed by atoms with van der Waals surface area (Å²) in [6, 6.07) is 11.0. The largest absolute Gasteiger partial charge is 0.356 e. The van der Waals surface area contributed by atoms with E-state index in [0.29, 0.717) is 6.04 Å². The second-order valence-electron chi connectivity index (χ2n) is 6.30. The molecule has 0 saturated heterocycles. The normalized spacial score (nSPS) is 12.6. The van der Waals surface area contributed by atoms with E-state index in [-0.39, 0.29) is 24.0 Å². The molecule has 1 aromatic carbocycles. The molecular weight excluding hydrogens is 457 g/mol. The predicted octanol–water partition coefficient (Wildman–Crippen LogP) is 2.95. The Morgan fingerprint density at radius 1 is 1.23 bits per heavy atom. The van der Waals surface area contributed by atoms with Crippen molar-refractivity contribution < 1.29 is 0 Å². The van der Waals surface area contributed by atoms with Crippen LogP contribution in [0.25, 0.3) is 0 Å². The van der Waals surface area contributed by atoms with E-state index in [1.54, 1.807) is 11.3 Å². The first kappa shape index (κ1) is 22.9.